The number of amides is 1. The second-order valence-corrected chi connectivity index (χ2v) is 4.06. The minimum Gasteiger partial charge on any atom is -0.351 e. The zero-order valence-corrected chi connectivity index (χ0v) is 10.3. The molecule has 0 aliphatic heterocycles. The number of carbonyl (C=O) groups is 1. The average molecular weight is 241 g/mol. The number of carbonyl (C=O) groups excluding carboxylic acids is 1. The van der Waals surface area contributed by atoms with E-state index in [4.69, 9.17) is 5.26 Å². The first kappa shape index (κ1) is 12.2. The summed E-state index contributed by atoms with van der Waals surface area (Å²) in [6, 6.07) is 11.7. The van der Waals surface area contributed by atoms with Crippen LogP contribution in [0.1, 0.15) is 23.8 Å². The smallest absolute Gasteiger partial charge is 0.270 e. The highest BCUT2D eigenvalue weighted by molar-refractivity contribution is 5.98. The van der Waals surface area contributed by atoms with E-state index < -0.39 is 0 Å². The lowest BCUT2D eigenvalue weighted by atomic mass is 10.2. The number of nitrogens with one attached hydrogen (secondary N) is 1. The summed E-state index contributed by atoms with van der Waals surface area (Å²) in [5.41, 5.74) is 1.54. The molecule has 18 heavy (non-hydrogen) atoms. The van der Waals surface area contributed by atoms with E-state index in [0.29, 0.717) is 25.2 Å². The van der Waals surface area contributed by atoms with Gasteiger partial charge in [0.2, 0.25) is 0 Å². The number of H-pyrrole nitrogens is 1. The normalized spacial score (nSPS) is 10.2. The lowest BCUT2D eigenvalue weighted by Gasteiger charge is -2.18. The molecule has 0 aliphatic rings. The quantitative estimate of drug-likeness (QED) is 0.894. The Kier molecular flexibility index (Phi) is 3.63. The van der Waals surface area contributed by atoms with E-state index in [1.54, 1.807) is 4.90 Å². The molecule has 0 atom stereocenters. The number of hydrogen-bond donors (Lipinski definition) is 1. The van der Waals surface area contributed by atoms with Crippen molar-refractivity contribution in [1.29, 1.82) is 5.26 Å². The van der Waals surface area contributed by atoms with Crippen molar-refractivity contribution < 1.29 is 4.79 Å². The van der Waals surface area contributed by atoms with Gasteiger partial charge in [-0.25, -0.2) is 0 Å². The van der Waals surface area contributed by atoms with Crippen LogP contribution in [0.5, 0.6) is 0 Å². The van der Waals surface area contributed by atoms with E-state index in [0.717, 1.165) is 10.9 Å². The molecular formula is C14H15N3O. The minimum absolute atomic E-state index is 0.0519. The van der Waals surface area contributed by atoms with Crippen molar-refractivity contribution in [2.45, 2.75) is 13.3 Å². The molecule has 2 aromatic rings. The monoisotopic (exact) mass is 241 g/mol. The fourth-order valence-electron chi connectivity index (χ4n) is 1.95. The molecule has 2 rings (SSSR count). The third-order valence-electron chi connectivity index (χ3n) is 2.92. The van der Waals surface area contributed by atoms with Gasteiger partial charge < -0.3 is 9.88 Å². The topological polar surface area (TPSA) is 59.9 Å². The third kappa shape index (κ3) is 2.35. The number of para-hydroxylation sites is 1. The summed E-state index contributed by atoms with van der Waals surface area (Å²) in [7, 11) is 0. The number of hydrogen-bond acceptors (Lipinski definition) is 2. The van der Waals surface area contributed by atoms with Gasteiger partial charge in [-0.1, -0.05) is 18.2 Å². The van der Waals surface area contributed by atoms with Gasteiger partial charge in [-0.3, -0.25) is 4.79 Å². The summed E-state index contributed by atoms with van der Waals surface area (Å²) in [5.74, 6) is -0.0519. The van der Waals surface area contributed by atoms with Gasteiger partial charge in [0.25, 0.3) is 5.91 Å². The van der Waals surface area contributed by atoms with Gasteiger partial charge in [0.1, 0.15) is 5.69 Å². The Morgan fingerprint density at radius 3 is 2.89 bits per heavy atom. The van der Waals surface area contributed by atoms with E-state index in [2.05, 4.69) is 11.1 Å². The maximum absolute atomic E-state index is 12.2. The Labute approximate surface area is 106 Å². The van der Waals surface area contributed by atoms with Crippen LogP contribution in [-0.2, 0) is 0 Å². The van der Waals surface area contributed by atoms with Crippen molar-refractivity contribution >= 4 is 16.8 Å². The molecule has 0 radical (unpaired) electrons. The number of rotatable bonds is 4. The average Bonchev–Trinajstić information content (AvgIpc) is 2.83. The molecule has 1 aromatic heterocycles. The Morgan fingerprint density at radius 1 is 1.44 bits per heavy atom. The van der Waals surface area contributed by atoms with Crippen LogP contribution in [0.4, 0.5) is 0 Å². The minimum atomic E-state index is -0.0519. The van der Waals surface area contributed by atoms with Gasteiger partial charge in [-0.2, -0.15) is 5.26 Å². The molecule has 0 saturated heterocycles. The summed E-state index contributed by atoms with van der Waals surface area (Å²) in [6.07, 6.45) is 0.361. The molecular weight excluding hydrogens is 226 g/mol. The van der Waals surface area contributed by atoms with Gasteiger partial charge in [0.15, 0.2) is 0 Å². The zero-order chi connectivity index (χ0) is 13.0. The predicted octanol–water partition coefficient (Wildman–Crippen LogP) is 2.54. The standard InChI is InChI=1S/C14H15N3O/c1-2-17(9-5-8-15)14(18)13-10-11-6-3-4-7-12(11)16-13/h3-4,6-7,10,16H,2,5,9H2,1H3. The Morgan fingerprint density at radius 2 is 2.22 bits per heavy atom. The van der Waals surface area contributed by atoms with Gasteiger partial charge in [0.05, 0.1) is 12.5 Å². The van der Waals surface area contributed by atoms with E-state index in [1.807, 2.05) is 37.3 Å². The van der Waals surface area contributed by atoms with Crippen LogP contribution in [0.3, 0.4) is 0 Å². The first-order chi connectivity index (χ1) is 8.76. The van der Waals surface area contributed by atoms with Crippen LogP contribution in [0.15, 0.2) is 30.3 Å². The summed E-state index contributed by atoms with van der Waals surface area (Å²) in [6.45, 7) is 3.00. The van der Waals surface area contributed by atoms with Crippen LogP contribution in [0.25, 0.3) is 10.9 Å². The van der Waals surface area contributed by atoms with Crippen LogP contribution in [0.2, 0.25) is 0 Å². The first-order valence-corrected chi connectivity index (χ1v) is 6.00. The van der Waals surface area contributed by atoms with Gasteiger partial charge in [0, 0.05) is 24.0 Å². The van der Waals surface area contributed by atoms with Crippen LogP contribution in [-0.4, -0.2) is 28.9 Å². The highest BCUT2D eigenvalue weighted by Gasteiger charge is 2.15. The molecule has 4 heteroatoms. The second kappa shape index (κ2) is 5.37. The number of fused-ring (bicyclic) bond motifs is 1. The molecule has 1 heterocycles. The summed E-state index contributed by atoms with van der Waals surface area (Å²) in [4.78, 5) is 17.0. The molecule has 0 unspecified atom stereocenters. The molecule has 92 valence electrons. The largest absolute Gasteiger partial charge is 0.351 e. The SMILES string of the molecule is CCN(CCC#N)C(=O)c1cc2ccccc2[nH]1. The third-order valence-corrected chi connectivity index (χ3v) is 2.92. The Balaban J connectivity index is 2.24. The number of nitriles is 1. The zero-order valence-electron chi connectivity index (χ0n) is 10.3. The maximum atomic E-state index is 12.2. The van der Waals surface area contributed by atoms with Crippen molar-refractivity contribution in [2.75, 3.05) is 13.1 Å². The number of benzene rings is 1. The summed E-state index contributed by atoms with van der Waals surface area (Å²) < 4.78 is 0. The van der Waals surface area contributed by atoms with E-state index in [1.165, 1.54) is 0 Å². The van der Waals surface area contributed by atoms with E-state index >= 15 is 0 Å². The van der Waals surface area contributed by atoms with Crippen molar-refractivity contribution in [3.63, 3.8) is 0 Å². The van der Waals surface area contributed by atoms with Crippen molar-refractivity contribution in [2.24, 2.45) is 0 Å². The molecule has 1 N–H and O–H groups in total. The number of nitrogens with zero attached hydrogens (tertiary/aromatic N) is 2. The van der Waals surface area contributed by atoms with E-state index in [-0.39, 0.29) is 5.91 Å². The lowest BCUT2D eigenvalue weighted by molar-refractivity contribution is 0.0763. The first-order valence-electron chi connectivity index (χ1n) is 6.00. The fraction of sp³-hybridized carbons (Fsp3) is 0.286. The molecule has 4 nitrogen and oxygen atoms in total. The maximum Gasteiger partial charge on any atom is 0.270 e. The Hall–Kier alpha value is -2.28. The molecule has 1 amide bonds. The molecule has 0 saturated carbocycles. The summed E-state index contributed by atoms with van der Waals surface area (Å²) >= 11 is 0. The molecule has 0 spiro atoms. The molecule has 0 fully saturated rings. The second-order valence-electron chi connectivity index (χ2n) is 4.06. The van der Waals surface area contributed by atoms with Crippen LogP contribution in [0, 0.1) is 11.3 Å². The molecule has 0 bridgehead atoms. The van der Waals surface area contributed by atoms with Crippen molar-refractivity contribution in [3.8, 4) is 6.07 Å². The van der Waals surface area contributed by atoms with Crippen LogP contribution < -0.4 is 0 Å². The number of aromatic amines is 1. The van der Waals surface area contributed by atoms with Crippen molar-refractivity contribution in [1.82, 2.24) is 9.88 Å². The molecule has 0 aliphatic carbocycles. The highest BCUT2D eigenvalue weighted by atomic mass is 16.2. The summed E-state index contributed by atoms with van der Waals surface area (Å²) in [5, 5.41) is 9.61. The van der Waals surface area contributed by atoms with Gasteiger partial charge in [-0.15, -0.1) is 0 Å². The highest BCUT2D eigenvalue weighted by Crippen LogP contribution is 2.16. The van der Waals surface area contributed by atoms with Crippen LogP contribution >= 0.6 is 0 Å². The lowest BCUT2D eigenvalue weighted by Crippen LogP contribution is -2.31. The van der Waals surface area contributed by atoms with Gasteiger partial charge in [-0.05, 0) is 19.1 Å². The number of aromatic nitrogens is 1. The van der Waals surface area contributed by atoms with E-state index in [9.17, 15) is 4.79 Å². The predicted molar refractivity (Wildman–Crippen MR) is 70.1 cm³/mol. The van der Waals surface area contributed by atoms with Crippen molar-refractivity contribution in [3.05, 3.63) is 36.0 Å². The Bertz CT molecular complexity index is 561. The van der Waals surface area contributed by atoms with Gasteiger partial charge >= 0.3 is 0 Å². The fourth-order valence-corrected chi connectivity index (χ4v) is 1.95. The molecule has 1 aromatic carbocycles.